The highest BCUT2D eigenvalue weighted by atomic mass is 19.1. The second-order valence-electron chi connectivity index (χ2n) is 4.74. The van der Waals surface area contributed by atoms with Crippen LogP contribution in [0.25, 0.3) is 0 Å². The van der Waals surface area contributed by atoms with Crippen molar-refractivity contribution in [2.24, 2.45) is 5.92 Å². The molecule has 1 aromatic rings. The lowest BCUT2D eigenvalue weighted by Gasteiger charge is -2.09. The number of amides is 1. The molecule has 6 nitrogen and oxygen atoms in total. The van der Waals surface area contributed by atoms with Crippen molar-refractivity contribution in [2.45, 2.75) is 13.8 Å². The predicted molar refractivity (Wildman–Crippen MR) is 71.0 cm³/mol. The van der Waals surface area contributed by atoms with Crippen LogP contribution < -0.4 is 5.32 Å². The zero-order valence-electron chi connectivity index (χ0n) is 11.7. The summed E-state index contributed by atoms with van der Waals surface area (Å²) in [5, 5.41) is 12.8. The molecule has 0 heterocycles. The minimum atomic E-state index is -1.49. The van der Waals surface area contributed by atoms with Crippen LogP contribution in [-0.4, -0.2) is 30.6 Å². The maximum atomic E-state index is 13.7. The van der Waals surface area contributed by atoms with Crippen LogP contribution >= 0.6 is 0 Å². The lowest BCUT2D eigenvalue weighted by molar-refractivity contribution is -0.387. The summed E-state index contributed by atoms with van der Waals surface area (Å²) < 4.78 is 32.4. The number of nitrogens with one attached hydrogen (secondary N) is 1. The molecule has 0 bridgehead atoms. The molecule has 0 spiro atoms. The Morgan fingerprint density at radius 1 is 1.43 bits per heavy atom. The molecular weight excluding hydrogens is 286 g/mol. The third-order valence-corrected chi connectivity index (χ3v) is 2.48. The van der Waals surface area contributed by atoms with Gasteiger partial charge in [-0.25, -0.2) is 4.39 Å². The van der Waals surface area contributed by atoms with Gasteiger partial charge in [0.15, 0.2) is 0 Å². The SMILES string of the molecule is CC(C)COCCNC(=O)c1c(F)ccc([N+](=O)[O-])c1F. The van der Waals surface area contributed by atoms with Crippen LogP contribution in [-0.2, 0) is 4.74 Å². The molecule has 0 fully saturated rings. The monoisotopic (exact) mass is 302 g/mol. The van der Waals surface area contributed by atoms with E-state index >= 15 is 0 Å². The second kappa shape index (κ2) is 7.63. The van der Waals surface area contributed by atoms with Crippen molar-refractivity contribution in [1.82, 2.24) is 5.32 Å². The molecule has 0 radical (unpaired) electrons. The van der Waals surface area contributed by atoms with Crippen LogP contribution in [0, 0.1) is 27.7 Å². The van der Waals surface area contributed by atoms with Crippen molar-refractivity contribution in [3.05, 3.63) is 39.4 Å². The van der Waals surface area contributed by atoms with Crippen LogP contribution in [0.3, 0.4) is 0 Å². The lowest BCUT2D eigenvalue weighted by atomic mass is 10.1. The van der Waals surface area contributed by atoms with Crippen molar-refractivity contribution in [3.8, 4) is 0 Å². The Balaban J connectivity index is 2.70. The van der Waals surface area contributed by atoms with Gasteiger partial charge in [-0.05, 0) is 12.0 Å². The van der Waals surface area contributed by atoms with Gasteiger partial charge in [-0.3, -0.25) is 14.9 Å². The molecule has 1 amide bonds. The molecule has 0 aliphatic heterocycles. The Morgan fingerprint density at radius 2 is 2.10 bits per heavy atom. The number of nitrogens with zero attached hydrogens (tertiary/aromatic N) is 1. The minimum Gasteiger partial charge on any atom is -0.379 e. The Hall–Kier alpha value is -2.09. The summed E-state index contributed by atoms with van der Waals surface area (Å²) >= 11 is 0. The van der Waals surface area contributed by atoms with E-state index in [0.717, 1.165) is 0 Å². The van der Waals surface area contributed by atoms with Crippen molar-refractivity contribution in [1.29, 1.82) is 0 Å². The van der Waals surface area contributed by atoms with Crippen LogP contribution in [0.2, 0.25) is 0 Å². The van der Waals surface area contributed by atoms with E-state index in [0.29, 0.717) is 24.7 Å². The van der Waals surface area contributed by atoms with E-state index in [1.165, 1.54) is 0 Å². The molecule has 0 atom stereocenters. The summed E-state index contributed by atoms with van der Waals surface area (Å²) in [4.78, 5) is 21.2. The van der Waals surface area contributed by atoms with Crippen LogP contribution in [0.5, 0.6) is 0 Å². The molecule has 0 unspecified atom stereocenters. The summed E-state index contributed by atoms with van der Waals surface area (Å²) in [7, 11) is 0. The highest BCUT2D eigenvalue weighted by Gasteiger charge is 2.25. The van der Waals surface area contributed by atoms with Crippen molar-refractivity contribution >= 4 is 11.6 Å². The summed E-state index contributed by atoms with van der Waals surface area (Å²) in [5.74, 6) is -3.37. The zero-order valence-corrected chi connectivity index (χ0v) is 11.7. The van der Waals surface area contributed by atoms with E-state index < -0.39 is 33.7 Å². The van der Waals surface area contributed by atoms with E-state index in [1.807, 2.05) is 13.8 Å². The topological polar surface area (TPSA) is 81.5 Å². The van der Waals surface area contributed by atoms with E-state index in [1.54, 1.807) is 0 Å². The Kier molecular flexibility index (Phi) is 6.16. The maximum absolute atomic E-state index is 13.7. The predicted octanol–water partition coefficient (Wildman–Crippen LogP) is 2.28. The number of nitro benzene ring substituents is 1. The van der Waals surface area contributed by atoms with Gasteiger partial charge in [-0.15, -0.1) is 0 Å². The number of benzene rings is 1. The lowest BCUT2D eigenvalue weighted by Crippen LogP contribution is -2.29. The second-order valence-corrected chi connectivity index (χ2v) is 4.74. The molecule has 0 aliphatic rings. The number of carbonyl (C=O) groups is 1. The van der Waals surface area contributed by atoms with Crippen molar-refractivity contribution in [3.63, 3.8) is 0 Å². The van der Waals surface area contributed by atoms with Gasteiger partial charge in [-0.1, -0.05) is 13.8 Å². The van der Waals surface area contributed by atoms with E-state index in [2.05, 4.69) is 5.32 Å². The minimum absolute atomic E-state index is 0.0487. The van der Waals surface area contributed by atoms with Gasteiger partial charge in [0.25, 0.3) is 5.91 Å². The fraction of sp³-hybridized carbons (Fsp3) is 0.462. The Bertz CT molecular complexity index is 535. The van der Waals surface area contributed by atoms with E-state index in [4.69, 9.17) is 4.74 Å². The number of nitro groups is 1. The summed E-state index contributed by atoms with van der Waals surface area (Å²) in [6, 6.07) is 1.36. The van der Waals surface area contributed by atoms with Crippen molar-refractivity contribution in [2.75, 3.05) is 19.8 Å². The number of hydrogen-bond donors (Lipinski definition) is 1. The average Bonchev–Trinajstić information content (AvgIpc) is 2.37. The van der Waals surface area contributed by atoms with E-state index in [9.17, 15) is 23.7 Å². The van der Waals surface area contributed by atoms with Gasteiger partial charge < -0.3 is 10.1 Å². The van der Waals surface area contributed by atoms with Gasteiger partial charge >= 0.3 is 5.69 Å². The molecule has 0 aliphatic carbocycles. The third kappa shape index (κ3) is 4.75. The highest BCUT2D eigenvalue weighted by Crippen LogP contribution is 2.22. The standard InChI is InChI=1S/C13H16F2N2O4/c1-8(2)7-21-6-5-16-13(18)11-9(14)3-4-10(12(11)15)17(19)20/h3-4,8H,5-7H2,1-2H3,(H,16,18). The van der Waals surface area contributed by atoms with Gasteiger partial charge in [0.1, 0.15) is 11.4 Å². The average molecular weight is 302 g/mol. The summed E-state index contributed by atoms with van der Waals surface area (Å²) in [6.45, 7) is 4.63. The first kappa shape index (κ1) is 17.0. The zero-order chi connectivity index (χ0) is 16.0. The summed E-state index contributed by atoms with van der Waals surface area (Å²) in [6.07, 6.45) is 0. The number of carbonyl (C=O) groups excluding carboxylic acids is 1. The first-order valence-electron chi connectivity index (χ1n) is 6.33. The van der Waals surface area contributed by atoms with E-state index in [-0.39, 0.29) is 13.2 Å². The molecule has 1 aromatic carbocycles. The number of hydrogen-bond acceptors (Lipinski definition) is 4. The fourth-order valence-electron chi connectivity index (χ4n) is 1.53. The van der Waals surface area contributed by atoms with Crippen LogP contribution in [0.1, 0.15) is 24.2 Å². The fourth-order valence-corrected chi connectivity index (χ4v) is 1.53. The Labute approximate surface area is 120 Å². The molecule has 1 rings (SSSR count). The van der Waals surface area contributed by atoms with Crippen LogP contribution in [0.4, 0.5) is 14.5 Å². The Morgan fingerprint density at radius 3 is 2.67 bits per heavy atom. The normalized spacial score (nSPS) is 10.7. The molecule has 0 aromatic heterocycles. The number of halogens is 2. The molecule has 116 valence electrons. The maximum Gasteiger partial charge on any atom is 0.305 e. The van der Waals surface area contributed by atoms with Crippen LogP contribution in [0.15, 0.2) is 12.1 Å². The van der Waals surface area contributed by atoms with Gasteiger partial charge in [0.2, 0.25) is 5.82 Å². The van der Waals surface area contributed by atoms with Crippen molar-refractivity contribution < 1.29 is 23.2 Å². The molecule has 8 heteroatoms. The van der Waals surface area contributed by atoms with Gasteiger partial charge in [0.05, 0.1) is 11.5 Å². The number of ether oxygens (including phenoxy) is 1. The molecule has 1 N–H and O–H groups in total. The first-order chi connectivity index (χ1) is 9.84. The smallest absolute Gasteiger partial charge is 0.305 e. The highest BCUT2D eigenvalue weighted by molar-refractivity contribution is 5.95. The molecular formula is C13H16F2N2O4. The van der Waals surface area contributed by atoms with Gasteiger partial charge in [-0.2, -0.15) is 4.39 Å². The molecule has 0 saturated carbocycles. The largest absolute Gasteiger partial charge is 0.379 e. The third-order valence-electron chi connectivity index (χ3n) is 2.48. The van der Waals surface area contributed by atoms with Gasteiger partial charge in [0, 0.05) is 19.2 Å². The number of rotatable bonds is 7. The molecule has 21 heavy (non-hydrogen) atoms. The quantitative estimate of drug-likeness (QED) is 0.476. The molecule has 0 saturated heterocycles. The first-order valence-corrected chi connectivity index (χ1v) is 6.33. The summed E-state index contributed by atoms with van der Waals surface area (Å²) in [5.41, 5.74) is -1.91.